The Bertz CT molecular complexity index is 873. The molecule has 1 aliphatic carbocycles. The lowest BCUT2D eigenvalue weighted by Crippen LogP contribution is -2.25. The van der Waals surface area contributed by atoms with Gasteiger partial charge in [0.15, 0.2) is 11.3 Å². The highest BCUT2D eigenvalue weighted by Gasteiger charge is 2.25. The van der Waals surface area contributed by atoms with E-state index in [1.807, 2.05) is 24.7 Å². The molecular weight excluding hydrogens is 280 g/mol. The first-order chi connectivity index (χ1) is 10.6. The number of fused-ring (bicyclic) bond motifs is 1. The lowest BCUT2D eigenvalue weighted by Gasteiger charge is -2.03. The van der Waals surface area contributed by atoms with Gasteiger partial charge in [-0.3, -0.25) is 9.48 Å². The molecule has 0 aliphatic heterocycles. The molecule has 0 saturated heterocycles. The van der Waals surface area contributed by atoms with Gasteiger partial charge in [0.1, 0.15) is 0 Å². The van der Waals surface area contributed by atoms with Gasteiger partial charge in [-0.15, -0.1) is 0 Å². The van der Waals surface area contributed by atoms with E-state index >= 15 is 0 Å². The third-order valence-electron chi connectivity index (χ3n) is 4.01. The fourth-order valence-corrected chi connectivity index (χ4v) is 2.45. The highest BCUT2D eigenvalue weighted by molar-refractivity contribution is 5.93. The number of rotatable bonds is 3. The van der Waals surface area contributed by atoms with Crippen molar-refractivity contribution in [2.45, 2.75) is 25.8 Å². The summed E-state index contributed by atoms with van der Waals surface area (Å²) in [5, 5.41) is 11.6. The molecule has 112 valence electrons. The van der Waals surface area contributed by atoms with Gasteiger partial charge >= 0.3 is 0 Å². The molecular formula is C15H16N6O. The summed E-state index contributed by atoms with van der Waals surface area (Å²) >= 11 is 0. The van der Waals surface area contributed by atoms with Crippen LogP contribution in [0.15, 0.2) is 24.5 Å². The van der Waals surface area contributed by atoms with E-state index in [0.717, 1.165) is 29.8 Å². The van der Waals surface area contributed by atoms with Gasteiger partial charge in [-0.05, 0) is 25.8 Å². The van der Waals surface area contributed by atoms with Crippen molar-refractivity contribution in [3.8, 4) is 11.3 Å². The summed E-state index contributed by atoms with van der Waals surface area (Å²) in [4.78, 5) is 16.4. The van der Waals surface area contributed by atoms with E-state index in [1.165, 1.54) is 0 Å². The quantitative estimate of drug-likeness (QED) is 0.791. The van der Waals surface area contributed by atoms with Gasteiger partial charge < -0.3 is 5.32 Å². The summed E-state index contributed by atoms with van der Waals surface area (Å²) in [5.41, 5.74) is 3.94. The van der Waals surface area contributed by atoms with Gasteiger partial charge in [0.25, 0.3) is 5.91 Å². The van der Waals surface area contributed by atoms with Crippen LogP contribution in [0, 0.1) is 6.92 Å². The molecule has 0 bridgehead atoms. The maximum Gasteiger partial charge on any atom is 0.272 e. The molecule has 0 aromatic carbocycles. The summed E-state index contributed by atoms with van der Waals surface area (Å²) in [5.74, 6) is -0.137. The number of aryl methyl sites for hydroxylation is 1. The largest absolute Gasteiger partial charge is 0.348 e. The zero-order valence-corrected chi connectivity index (χ0v) is 12.4. The summed E-state index contributed by atoms with van der Waals surface area (Å²) in [7, 11) is 1.90. The Morgan fingerprint density at radius 3 is 2.91 bits per heavy atom. The Morgan fingerprint density at radius 1 is 1.41 bits per heavy atom. The Kier molecular flexibility index (Phi) is 2.75. The fraction of sp³-hybridized carbons (Fsp3) is 0.333. The Labute approximate surface area is 127 Å². The van der Waals surface area contributed by atoms with E-state index in [2.05, 4.69) is 20.5 Å². The second-order valence-corrected chi connectivity index (χ2v) is 5.64. The minimum Gasteiger partial charge on any atom is -0.348 e. The smallest absolute Gasteiger partial charge is 0.272 e. The van der Waals surface area contributed by atoms with E-state index < -0.39 is 0 Å². The zero-order valence-electron chi connectivity index (χ0n) is 12.4. The molecule has 0 unspecified atom stereocenters. The molecule has 1 N–H and O–H groups in total. The average molecular weight is 296 g/mol. The number of aromatic nitrogens is 5. The summed E-state index contributed by atoms with van der Waals surface area (Å²) in [6, 6.07) is 3.91. The van der Waals surface area contributed by atoms with Crippen molar-refractivity contribution in [1.82, 2.24) is 29.7 Å². The molecule has 1 aliphatic rings. The van der Waals surface area contributed by atoms with E-state index in [9.17, 15) is 4.79 Å². The molecule has 22 heavy (non-hydrogen) atoms. The van der Waals surface area contributed by atoms with Crippen molar-refractivity contribution in [1.29, 1.82) is 0 Å². The molecule has 0 atom stereocenters. The molecule has 7 nitrogen and oxygen atoms in total. The van der Waals surface area contributed by atoms with Crippen LogP contribution in [-0.4, -0.2) is 36.3 Å². The molecule has 1 saturated carbocycles. The lowest BCUT2D eigenvalue weighted by molar-refractivity contribution is 0.0946. The molecule has 0 radical (unpaired) electrons. The predicted octanol–water partition coefficient (Wildman–Crippen LogP) is 1.33. The van der Waals surface area contributed by atoms with E-state index in [0.29, 0.717) is 17.4 Å². The standard InChI is InChI=1S/C15H16N6O/c1-9-11(8-17-20(9)2)13-5-6-16-14-7-12(19-21(13)14)15(22)18-10-3-4-10/h5-8,10H,3-4H2,1-2H3,(H,18,22). The monoisotopic (exact) mass is 296 g/mol. The highest BCUT2D eigenvalue weighted by atomic mass is 16.2. The number of hydrogen-bond acceptors (Lipinski definition) is 4. The fourth-order valence-electron chi connectivity index (χ4n) is 2.45. The minimum absolute atomic E-state index is 0.137. The van der Waals surface area contributed by atoms with Crippen molar-refractivity contribution in [3.05, 3.63) is 35.9 Å². The summed E-state index contributed by atoms with van der Waals surface area (Å²) in [6.45, 7) is 2.00. The first-order valence-corrected chi connectivity index (χ1v) is 7.28. The zero-order chi connectivity index (χ0) is 15.3. The van der Waals surface area contributed by atoms with Gasteiger partial charge in [-0.1, -0.05) is 0 Å². The van der Waals surface area contributed by atoms with Gasteiger partial charge in [0.2, 0.25) is 0 Å². The summed E-state index contributed by atoms with van der Waals surface area (Å²) < 4.78 is 3.51. The number of nitrogens with one attached hydrogen (secondary N) is 1. The number of nitrogens with zero attached hydrogens (tertiary/aromatic N) is 5. The molecule has 0 spiro atoms. The first-order valence-electron chi connectivity index (χ1n) is 7.28. The Balaban J connectivity index is 1.80. The molecule has 7 heteroatoms. The van der Waals surface area contributed by atoms with Crippen LogP contribution < -0.4 is 5.32 Å². The van der Waals surface area contributed by atoms with Crippen LogP contribution in [0.3, 0.4) is 0 Å². The van der Waals surface area contributed by atoms with Gasteiger partial charge in [0, 0.05) is 36.6 Å². The van der Waals surface area contributed by atoms with Gasteiger partial charge in [-0.2, -0.15) is 10.2 Å². The molecule has 1 fully saturated rings. The van der Waals surface area contributed by atoms with Crippen molar-refractivity contribution in [2.24, 2.45) is 7.05 Å². The summed E-state index contributed by atoms with van der Waals surface area (Å²) in [6.07, 6.45) is 5.63. The third-order valence-corrected chi connectivity index (χ3v) is 4.01. The molecule has 4 rings (SSSR count). The van der Waals surface area contributed by atoms with Crippen LogP contribution in [0.4, 0.5) is 0 Å². The van der Waals surface area contributed by atoms with Crippen molar-refractivity contribution < 1.29 is 4.79 Å². The highest BCUT2D eigenvalue weighted by Crippen LogP contribution is 2.23. The van der Waals surface area contributed by atoms with Crippen molar-refractivity contribution in [2.75, 3.05) is 0 Å². The van der Waals surface area contributed by atoms with Crippen LogP contribution in [0.25, 0.3) is 16.9 Å². The van der Waals surface area contributed by atoms with Crippen LogP contribution in [0.2, 0.25) is 0 Å². The number of carbonyl (C=O) groups excluding carboxylic acids is 1. The number of hydrogen-bond donors (Lipinski definition) is 1. The average Bonchev–Trinajstić information content (AvgIpc) is 3.10. The number of amides is 1. The first kappa shape index (κ1) is 13.0. The van der Waals surface area contributed by atoms with E-state index in [4.69, 9.17) is 0 Å². The molecule has 3 heterocycles. The van der Waals surface area contributed by atoms with Crippen LogP contribution >= 0.6 is 0 Å². The SMILES string of the molecule is Cc1c(-c2ccnc3cc(C(=O)NC4CC4)nn23)cnn1C. The maximum absolute atomic E-state index is 12.2. The van der Waals surface area contributed by atoms with Gasteiger partial charge in [0.05, 0.1) is 11.9 Å². The molecule has 3 aromatic heterocycles. The normalized spacial score (nSPS) is 14.5. The van der Waals surface area contributed by atoms with Crippen LogP contribution in [0.5, 0.6) is 0 Å². The van der Waals surface area contributed by atoms with E-state index in [1.54, 1.807) is 23.0 Å². The lowest BCUT2D eigenvalue weighted by atomic mass is 10.2. The van der Waals surface area contributed by atoms with E-state index in [-0.39, 0.29) is 5.91 Å². The topological polar surface area (TPSA) is 77.1 Å². The van der Waals surface area contributed by atoms with Crippen LogP contribution in [-0.2, 0) is 7.05 Å². The third kappa shape index (κ3) is 2.05. The molecule has 3 aromatic rings. The Morgan fingerprint density at radius 2 is 2.23 bits per heavy atom. The second kappa shape index (κ2) is 4.66. The number of carbonyl (C=O) groups is 1. The minimum atomic E-state index is -0.137. The predicted molar refractivity (Wildman–Crippen MR) is 80.4 cm³/mol. The Hall–Kier alpha value is -2.70. The van der Waals surface area contributed by atoms with Gasteiger partial charge in [-0.25, -0.2) is 9.50 Å². The van der Waals surface area contributed by atoms with Crippen molar-refractivity contribution in [3.63, 3.8) is 0 Å². The van der Waals surface area contributed by atoms with Crippen molar-refractivity contribution >= 4 is 11.6 Å². The second-order valence-electron chi connectivity index (χ2n) is 5.64. The molecule has 1 amide bonds. The van der Waals surface area contributed by atoms with Crippen LogP contribution in [0.1, 0.15) is 29.0 Å². The maximum atomic E-state index is 12.2.